The van der Waals surface area contributed by atoms with E-state index in [0.717, 1.165) is 4.90 Å². The summed E-state index contributed by atoms with van der Waals surface area (Å²) < 4.78 is 35.6. The molecule has 25 heavy (non-hydrogen) atoms. The zero-order valence-electron chi connectivity index (χ0n) is 15.8. The Morgan fingerprint density at radius 2 is 1.56 bits per heavy atom. The zero-order chi connectivity index (χ0) is 19.8. The monoisotopic (exact) mass is 368 g/mol. The molecular formula is C16H30F2N2O5. The van der Waals surface area contributed by atoms with Gasteiger partial charge in [0.05, 0.1) is 19.7 Å². The van der Waals surface area contributed by atoms with Crippen LogP contribution in [0, 0.1) is 0 Å². The van der Waals surface area contributed by atoms with Gasteiger partial charge in [-0.2, -0.15) is 0 Å². The van der Waals surface area contributed by atoms with Gasteiger partial charge in [-0.05, 0) is 41.5 Å². The number of amides is 1. The van der Waals surface area contributed by atoms with Gasteiger partial charge < -0.3 is 24.8 Å². The molecule has 0 saturated carbocycles. The number of aliphatic hydroxyl groups excluding tert-OH is 1. The molecule has 0 spiro atoms. The lowest BCUT2D eigenvalue weighted by Gasteiger charge is -2.30. The average Bonchev–Trinajstić information content (AvgIpc) is 2.37. The number of halogens is 2. The van der Waals surface area contributed by atoms with E-state index in [1.165, 1.54) is 0 Å². The maximum Gasteiger partial charge on any atom is 0.410 e. The summed E-state index contributed by atoms with van der Waals surface area (Å²) in [4.78, 5) is 24.5. The average molecular weight is 368 g/mol. The normalized spacial score (nSPS) is 13.5. The molecule has 7 nitrogen and oxygen atoms in total. The van der Waals surface area contributed by atoms with Gasteiger partial charge in [0, 0.05) is 12.6 Å². The van der Waals surface area contributed by atoms with Crippen LogP contribution in [0.25, 0.3) is 0 Å². The summed E-state index contributed by atoms with van der Waals surface area (Å²) in [6, 6.07) is -0.779. The number of alkyl halides is 2. The van der Waals surface area contributed by atoms with Gasteiger partial charge in [0.15, 0.2) is 0 Å². The fourth-order valence-electron chi connectivity index (χ4n) is 1.77. The van der Waals surface area contributed by atoms with Crippen molar-refractivity contribution in [2.75, 3.05) is 26.2 Å². The first-order valence-electron chi connectivity index (χ1n) is 8.05. The van der Waals surface area contributed by atoms with Crippen LogP contribution in [0.4, 0.5) is 13.6 Å². The van der Waals surface area contributed by atoms with Crippen LogP contribution in [-0.4, -0.2) is 72.0 Å². The minimum atomic E-state index is -2.75. The maximum atomic E-state index is 12.7. The molecule has 0 radical (unpaired) electrons. The van der Waals surface area contributed by atoms with Crippen LogP contribution in [0.15, 0.2) is 0 Å². The third-order valence-electron chi connectivity index (χ3n) is 2.63. The molecule has 0 rings (SSSR count). The van der Waals surface area contributed by atoms with Crippen molar-refractivity contribution in [3.05, 3.63) is 0 Å². The van der Waals surface area contributed by atoms with Crippen LogP contribution >= 0.6 is 0 Å². The molecule has 148 valence electrons. The molecule has 0 aliphatic rings. The quantitative estimate of drug-likeness (QED) is 0.635. The Morgan fingerprint density at radius 1 is 1.04 bits per heavy atom. The van der Waals surface area contributed by atoms with Gasteiger partial charge in [0.1, 0.15) is 11.2 Å². The standard InChI is InChI=1S/C16H30F2N2O5/c1-15(2,3)24-13(22)7-19-11(10-21)8-20(9-12(17)18)14(23)25-16(4,5)6/h11-12,19,21H,7-10H2,1-6H3/t11-/m0/s1. The van der Waals surface area contributed by atoms with Gasteiger partial charge in [-0.25, -0.2) is 13.6 Å². The van der Waals surface area contributed by atoms with Crippen molar-refractivity contribution in [2.45, 2.75) is 65.2 Å². The molecule has 0 unspecified atom stereocenters. The van der Waals surface area contributed by atoms with Crippen LogP contribution in [0.3, 0.4) is 0 Å². The molecule has 0 heterocycles. The predicted molar refractivity (Wildman–Crippen MR) is 88.5 cm³/mol. The molecular weight excluding hydrogens is 338 g/mol. The number of ether oxygens (including phenoxy) is 2. The number of nitrogens with zero attached hydrogens (tertiary/aromatic N) is 1. The zero-order valence-corrected chi connectivity index (χ0v) is 15.8. The van der Waals surface area contributed by atoms with Crippen molar-refractivity contribution < 1.29 is 33.0 Å². The first kappa shape index (κ1) is 23.5. The minimum Gasteiger partial charge on any atom is -0.459 e. The highest BCUT2D eigenvalue weighted by Gasteiger charge is 2.27. The van der Waals surface area contributed by atoms with E-state index < -0.39 is 48.9 Å². The number of carbonyl (C=O) groups excluding carboxylic acids is 2. The SMILES string of the molecule is CC(C)(C)OC(=O)CN[C@H](CO)CN(CC(F)F)C(=O)OC(C)(C)C. The lowest BCUT2D eigenvalue weighted by Crippen LogP contribution is -2.50. The van der Waals surface area contributed by atoms with E-state index in [1.807, 2.05) is 0 Å². The lowest BCUT2D eigenvalue weighted by molar-refractivity contribution is -0.153. The number of rotatable bonds is 8. The molecule has 2 N–H and O–H groups in total. The first-order valence-corrected chi connectivity index (χ1v) is 8.05. The van der Waals surface area contributed by atoms with Crippen molar-refractivity contribution in [1.29, 1.82) is 0 Å². The molecule has 0 aromatic rings. The van der Waals surface area contributed by atoms with Crippen LogP contribution in [0.1, 0.15) is 41.5 Å². The van der Waals surface area contributed by atoms with Crippen molar-refractivity contribution in [3.63, 3.8) is 0 Å². The van der Waals surface area contributed by atoms with Crippen molar-refractivity contribution in [2.24, 2.45) is 0 Å². The number of hydrogen-bond donors (Lipinski definition) is 2. The summed E-state index contributed by atoms with van der Waals surface area (Å²) in [7, 11) is 0. The molecule has 0 fully saturated rings. The summed E-state index contributed by atoms with van der Waals surface area (Å²) in [6.45, 7) is 8.24. The van der Waals surface area contributed by atoms with Crippen LogP contribution in [0.2, 0.25) is 0 Å². The van der Waals surface area contributed by atoms with E-state index in [1.54, 1.807) is 41.5 Å². The minimum absolute atomic E-state index is 0.223. The topological polar surface area (TPSA) is 88.1 Å². The van der Waals surface area contributed by atoms with Gasteiger partial charge in [-0.1, -0.05) is 0 Å². The van der Waals surface area contributed by atoms with Gasteiger partial charge >= 0.3 is 12.1 Å². The van der Waals surface area contributed by atoms with E-state index in [4.69, 9.17) is 9.47 Å². The second-order valence-electron chi connectivity index (χ2n) is 7.62. The Kier molecular flexibility index (Phi) is 9.28. The van der Waals surface area contributed by atoms with Gasteiger partial charge in [0.25, 0.3) is 6.43 Å². The summed E-state index contributed by atoms with van der Waals surface area (Å²) >= 11 is 0. The van der Waals surface area contributed by atoms with E-state index in [-0.39, 0.29) is 13.1 Å². The molecule has 0 aromatic carbocycles. The molecule has 0 aliphatic heterocycles. The van der Waals surface area contributed by atoms with Gasteiger partial charge in [-0.3, -0.25) is 4.79 Å². The smallest absolute Gasteiger partial charge is 0.410 e. The van der Waals surface area contributed by atoms with E-state index in [9.17, 15) is 23.5 Å². The highest BCUT2D eigenvalue weighted by molar-refractivity contribution is 5.72. The van der Waals surface area contributed by atoms with E-state index >= 15 is 0 Å². The summed E-state index contributed by atoms with van der Waals surface area (Å²) in [6.07, 6.45) is -3.66. The fourth-order valence-corrected chi connectivity index (χ4v) is 1.77. The van der Waals surface area contributed by atoms with Crippen molar-refractivity contribution >= 4 is 12.1 Å². The number of esters is 1. The molecule has 0 saturated heterocycles. The Hall–Kier alpha value is -1.48. The lowest BCUT2D eigenvalue weighted by atomic mass is 10.2. The number of carbonyl (C=O) groups is 2. The number of nitrogens with one attached hydrogen (secondary N) is 1. The van der Waals surface area contributed by atoms with Crippen LogP contribution in [0.5, 0.6) is 0 Å². The number of aliphatic hydroxyl groups is 1. The summed E-state index contributed by atoms with van der Waals surface area (Å²) in [5.74, 6) is -0.552. The molecule has 1 amide bonds. The van der Waals surface area contributed by atoms with Crippen molar-refractivity contribution in [3.8, 4) is 0 Å². The fraction of sp³-hybridized carbons (Fsp3) is 0.875. The van der Waals surface area contributed by atoms with Crippen LogP contribution in [-0.2, 0) is 14.3 Å². The highest BCUT2D eigenvalue weighted by atomic mass is 19.3. The molecule has 1 atom stereocenters. The Morgan fingerprint density at radius 3 is 1.96 bits per heavy atom. The molecule has 0 bridgehead atoms. The largest absolute Gasteiger partial charge is 0.459 e. The molecule has 9 heteroatoms. The third-order valence-corrected chi connectivity index (χ3v) is 2.63. The number of hydrogen-bond acceptors (Lipinski definition) is 6. The Bertz CT molecular complexity index is 433. The second kappa shape index (κ2) is 9.86. The van der Waals surface area contributed by atoms with Crippen LogP contribution < -0.4 is 5.32 Å². The Balaban J connectivity index is 4.76. The van der Waals surface area contributed by atoms with Gasteiger partial charge in [0.2, 0.25) is 0 Å². The van der Waals surface area contributed by atoms with E-state index in [2.05, 4.69) is 5.32 Å². The second-order valence-corrected chi connectivity index (χ2v) is 7.62. The summed E-state index contributed by atoms with van der Waals surface area (Å²) in [5.41, 5.74) is -1.50. The highest BCUT2D eigenvalue weighted by Crippen LogP contribution is 2.12. The summed E-state index contributed by atoms with van der Waals surface area (Å²) in [5, 5.41) is 12.1. The van der Waals surface area contributed by atoms with E-state index in [0.29, 0.717) is 0 Å². The molecule has 0 aliphatic carbocycles. The third kappa shape index (κ3) is 12.5. The van der Waals surface area contributed by atoms with Crippen molar-refractivity contribution in [1.82, 2.24) is 10.2 Å². The Labute approximate surface area is 147 Å². The predicted octanol–water partition coefficient (Wildman–Crippen LogP) is 1.78. The van der Waals surface area contributed by atoms with Gasteiger partial charge in [-0.15, -0.1) is 0 Å². The first-order chi connectivity index (χ1) is 11.2. The maximum absolute atomic E-state index is 12.7. The molecule has 0 aromatic heterocycles.